The fourth-order valence-corrected chi connectivity index (χ4v) is 2.57. The minimum atomic E-state index is 0.224. The summed E-state index contributed by atoms with van der Waals surface area (Å²) in [5, 5.41) is 3.59. The van der Waals surface area contributed by atoms with Crippen LogP contribution in [0.4, 0.5) is 0 Å². The highest BCUT2D eigenvalue weighted by Gasteiger charge is 2.34. The summed E-state index contributed by atoms with van der Waals surface area (Å²) in [5.74, 6) is 1.56. The Kier molecular flexibility index (Phi) is 5.46. The molecule has 0 aromatic heterocycles. The Balaban J connectivity index is 1.73. The monoisotopic (exact) mass is 255 g/mol. The Morgan fingerprint density at radius 3 is 2.83 bits per heavy atom. The predicted molar refractivity (Wildman–Crippen MR) is 73.7 cm³/mol. The molecule has 0 aromatic rings. The average molecular weight is 255 g/mol. The molecule has 1 heterocycles. The zero-order valence-corrected chi connectivity index (χ0v) is 12.0. The van der Waals surface area contributed by atoms with E-state index in [1.165, 1.54) is 25.7 Å². The first-order chi connectivity index (χ1) is 8.70. The Morgan fingerprint density at radius 2 is 2.22 bits per heavy atom. The molecule has 0 amide bonds. The summed E-state index contributed by atoms with van der Waals surface area (Å²) in [7, 11) is 0. The summed E-state index contributed by atoms with van der Waals surface area (Å²) >= 11 is 0. The Hall–Kier alpha value is -0.120. The molecule has 2 rings (SSSR count). The minimum absolute atomic E-state index is 0.224. The molecule has 0 radical (unpaired) electrons. The SMILES string of the molecule is CC(C)CNCC1(COCC2CC2)CCCOC1. The molecule has 1 saturated heterocycles. The van der Waals surface area contributed by atoms with E-state index in [0.29, 0.717) is 5.92 Å². The largest absolute Gasteiger partial charge is 0.381 e. The van der Waals surface area contributed by atoms with Crippen LogP contribution >= 0.6 is 0 Å². The van der Waals surface area contributed by atoms with Gasteiger partial charge in [-0.2, -0.15) is 0 Å². The van der Waals surface area contributed by atoms with Crippen molar-refractivity contribution < 1.29 is 9.47 Å². The van der Waals surface area contributed by atoms with Crippen molar-refractivity contribution in [3.8, 4) is 0 Å². The van der Waals surface area contributed by atoms with Crippen LogP contribution in [0.15, 0.2) is 0 Å². The van der Waals surface area contributed by atoms with Crippen LogP contribution in [0.25, 0.3) is 0 Å². The van der Waals surface area contributed by atoms with Gasteiger partial charge in [-0.05, 0) is 44.1 Å². The van der Waals surface area contributed by atoms with Gasteiger partial charge in [-0.25, -0.2) is 0 Å². The van der Waals surface area contributed by atoms with Gasteiger partial charge in [-0.3, -0.25) is 0 Å². The van der Waals surface area contributed by atoms with Gasteiger partial charge in [0.05, 0.1) is 13.2 Å². The molecule has 3 heteroatoms. The summed E-state index contributed by atoms with van der Waals surface area (Å²) in [6, 6.07) is 0. The Morgan fingerprint density at radius 1 is 1.39 bits per heavy atom. The van der Waals surface area contributed by atoms with Crippen LogP contribution < -0.4 is 5.32 Å². The van der Waals surface area contributed by atoms with Crippen LogP contribution in [0.1, 0.15) is 39.5 Å². The lowest BCUT2D eigenvalue weighted by Gasteiger charge is -2.37. The van der Waals surface area contributed by atoms with Crippen molar-refractivity contribution in [2.24, 2.45) is 17.3 Å². The van der Waals surface area contributed by atoms with E-state index in [9.17, 15) is 0 Å². The molecule has 106 valence electrons. The molecule has 2 aliphatic rings. The van der Waals surface area contributed by atoms with Gasteiger partial charge in [0, 0.05) is 25.2 Å². The summed E-state index contributed by atoms with van der Waals surface area (Å²) in [6.07, 6.45) is 5.16. The van der Waals surface area contributed by atoms with Gasteiger partial charge >= 0.3 is 0 Å². The number of rotatable bonds is 8. The van der Waals surface area contributed by atoms with Crippen molar-refractivity contribution in [2.45, 2.75) is 39.5 Å². The van der Waals surface area contributed by atoms with E-state index in [4.69, 9.17) is 9.47 Å². The van der Waals surface area contributed by atoms with Gasteiger partial charge < -0.3 is 14.8 Å². The van der Waals surface area contributed by atoms with Gasteiger partial charge in [-0.15, -0.1) is 0 Å². The molecule has 1 unspecified atom stereocenters. The smallest absolute Gasteiger partial charge is 0.0556 e. The molecule has 1 aliphatic carbocycles. The van der Waals surface area contributed by atoms with Gasteiger partial charge in [0.1, 0.15) is 0 Å². The van der Waals surface area contributed by atoms with Crippen LogP contribution in [-0.2, 0) is 9.47 Å². The highest BCUT2D eigenvalue weighted by atomic mass is 16.5. The van der Waals surface area contributed by atoms with Gasteiger partial charge in [0.15, 0.2) is 0 Å². The standard InChI is InChI=1S/C15H29NO2/c1-13(2)8-16-10-15(6-3-7-17-11-15)12-18-9-14-4-5-14/h13-14,16H,3-12H2,1-2H3. The second-order valence-corrected chi connectivity index (χ2v) is 6.64. The number of hydrogen-bond donors (Lipinski definition) is 1. The van der Waals surface area contributed by atoms with Gasteiger partial charge in [0.25, 0.3) is 0 Å². The normalized spacial score (nSPS) is 28.8. The van der Waals surface area contributed by atoms with Crippen LogP contribution in [-0.4, -0.2) is 39.5 Å². The molecule has 1 N–H and O–H groups in total. The van der Waals surface area contributed by atoms with Crippen LogP contribution in [0.2, 0.25) is 0 Å². The zero-order valence-electron chi connectivity index (χ0n) is 12.0. The lowest BCUT2D eigenvalue weighted by Crippen LogP contribution is -2.45. The van der Waals surface area contributed by atoms with E-state index < -0.39 is 0 Å². The van der Waals surface area contributed by atoms with E-state index in [-0.39, 0.29) is 5.41 Å². The van der Waals surface area contributed by atoms with E-state index in [1.54, 1.807) is 0 Å². The third-order valence-corrected chi connectivity index (χ3v) is 3.92. The zero-order chi connectivity index (χ0) is 12.8. The third-order valence-electron chi connectivity index (χ3n) is 3.92. The summed E-state index contributed by atoms with van der Waals surface area (Å²) in [4.78, 5) is 0. The van der Waals surface area contributed by atoms with Crippen molar-refractivity contribution in [3.63, 3.8) is 0 Å². The summed E-state index contributed by atoms with van der Waals surface area (Å²) in [5.41, 5.74) is 0.224. The Bertz CT molecular complexity index is 223. The van der Waals surface area contributed by atoms with Crippen molar-refractivity contribution in [1.82, 2.24) is 5.32 Å². The third kappa shape index (κ3) is 4.87. The predicted octanol–water partition coefficient (Wildman–Crippen LogP) is 2.46. The maximum absolute atomic E-state index is 5.94. The van der Waals surface area contributed by atoms with E-state index in [0.717, 1.165) is 45.4 Å². The topological polar surface area (TPSA) is 30.5 Å². The first-order valence-corrected chi connectivity index (χ1v) is 7.56. The first-order valence-electron chi connectivity index (χ1n) is 7.56. The first kappa shape index (κ1) is 14.3. The van der Waals surface area contributed by atoms with Crippen molar-refractivity contribution in [1.29, 1.82) is 0 Å². The molecule has 3 nitrogen and oxygen atoms in total. The second kappa shape index (κ2) is 6.88. The number of nitrogens with one attached hydrogen (secondary N) is 1. The van der Waals surface area contributed by atoms with Crippen LogP contribution in [0.5, 0.6) is 0 Å². The fraction of sp³-hybridized carbons (Fsp3) is 1.00. The van der Waals surface area contributed by atoms with Crippen LogP contribution in [0, 0.1) is 17.3 Å². The molecule has 1 saturated carbocycles. The molecule has 0 bridgehead atoms. The molecule has 0 aromatic carbocycles. The maximum Gasteiger partial charge on any atom is 0.0556 e. The van der Waals surface area contributed by atoms with Gasteiger partial charge in [0.2, 0.25) is 0 Å². The van der Waals surface area contributed by atoms with Crippen LogP contribution in [0.3, 0.4) is 0 Å². The maximum atomic E-state index is 5.94. The number of hydrogen-bond acceptors (Lipinski definition) is 3. The molecule has 1 atom stereocenters. The lowest BCUT2D eigenvalue weighted by atomic mass is 9.83. The fourth-order valence-electron chi connectivity index (χ4n) is 2.57. The quantitative estimate of drug-likeness (QED) is 0.722. The van der Waals surface area contributed by atoms with E-state index >= 15 is 0 Å². The second-order valence-electron chi connectivity index (χ2n) is 6.64. The average Bonchev–Trinajstić information content (AvgIpc) is 3.14. The minimum Gasteiger partial charge on any atom is -0.381 e. The molecule has 2 fully saturated rings. The summed E-state index contributed by atoms with van der Waals surface area (Å²) < 4.78 is 11.6. The number of ether oxygens (including phenoxy) is 2. The molecular weight excluding hydrogens is 226 g/mol. The van der Waals surface area contributed by atoms with Crippen molar-refractivity contribution >= 4 is 0 Å². The van der Waals surface area contributed by atoms with Crippen molar-refractivity contribution in [3.05, 3.63) is 0 Å². The highest BCUT2D eigenvalue weighted by Crippen LogP contribution is 2.32. The highest BCUT2D eigenvalue weighted by molar-refractivity contribution is 4.85. The lowest BCUT2D eigenvalue weighted by molar-refractivity contribution is -0.0597. The molecule has 18 heavy (non-hydrogen) atoms. The summed E-state index contributed by atoms with van der Waals surface area (Å²) in [6.45, 7) is 10.2. The molecular formula is C15H29NO2. The Labute approximate surface area is 112 Å². The van der Waals surface area contributed by atoms with Crippen molar-refractivity contribution in [2.75, 3.05) is 39.5 Å². The van der Waals surface area contributed by atoms with E-state index in [2.05, 4.69) is 19.2 Å². The van der Waals surface area contributed by atoms with Gasteiger partial charge in [-0.1, -0.05) is 13.8 Å². The molecule has 1 aliphatic heterocycles. The van der Waals surface area contributed by atoms with E-state index in [1.807, 2.05) is 0 Å². The molecule has 0 spiro atoms.